The number of morpholine rings is 1. The number of rotatable bonds is 2. The Morgan fingerprint density at radius 1 is 1.24 bits per heavy atom. The fourth-order valence-electron chi connectivity index (χ4n) is 2.28. The summed E-state index contributed by atoms with van der Waals surface area (Å²) in [5, 5.41) is 10.1. The van der Waals surface area contributed by atoms with E-state index >= 15 is 0 Å². The van der Waals surface area contributed by atoms with E-state index in [0.717, 1.165) is 42.7 Å². The third-order valence-corrected chi connectivity index (χ3v) is 4.37. The van der Waals surface area contributed by atoms with E-state index in [0.29, 0.717) is 5.13 Å². The minimum absolute atomic E-state index is 0.706. The van der Waals surface area contributed by atoms with Gasteiger partial charge in [-0.05, 0) is 19.4 Å². The largest absolute Gasteiger partial charge is 0.378 e. The summed E-state index contributed by atoms with van der Waals surface area (Å²) in [5.74, 6) is 0.978. The summed E-state index contributed by atoms with van der Waals surface area (Å²) in [7, 11) is 0. The zero-order valence-corrected chi connectivity index (χ0v) is 13.1. The molecule has 0 atom stereocenters. The third-order valence-electron chi connectivity index (χ3n) is 3.52. The fraction of sp³-hybridized carbons (Fsp3) is 0.400. The molecule has 0 spiro atoms. The number of hydrogen-bond acceptors (Lipinski definition) is 5. The Morgan fingerprint density at radius 2 is 2.00 bits per heavy atom. The SMILES string of the molecule is C/C(=N\c1nnc(-c2ccccc2C)s1)N1CCOCC1. The summed E-state index contributed by atoms with van der Waals surface area (Å²) in [6.45, 7) is 7.39. The van der Waals surface area contributed by atoms with Crippen LogP contribution in [0.4, 0.5) is 5.13 Å². The van der Waals surface area contributed by atoms with Crippen LogP contribution in [0.1, 0.15) is 12.5 Å². The third kappa shape index (κ3) is 3.28. The Balaban J connectivity index is 1.80. The molecule has 3 rings (SSSR count). The van der Waals surface area contributed by atoms with Gasteiger partial charge in [-0.3, -0.25) is 0 Å². The van der Waals surface area contributed by atoms with E-state index in [-0.39, 0.29) is 0 Å². The second-order valence-corrected chi connectivity index (χ2v) is 5.92. The highest BCUT2D eigenvalue weighted by molar-refractivity contribution is 7.18. The first kappa shape index (κ1) is 14.2. The molecule has 0 unspecified atom stereocenters. The van der Waals surface area contributed by atoms with Crippen molar-refractivity contribution in [1.29, 1.82) is 0 Å². The zero-order valence-electron chi connectivity index (χ0n) is 12.2. The van der Waals surface area contributed by atoms with Crippen LogP contribution >= 0.6 is 11.3 Å². The molecule has 21 heavy (non-hydrogen) atoms. The van der Waals surface area contributed by atoms with E-state index in [1.807, 2.05) is 19.1 Å². The number of nitrogens with zero attached hydrogens (tertiary/aromatic N) is 4. The molecule has 0 radical (unpaired) electrons. The van der Waals surface area contributed by atoms with Gasteiger partial charge in [-0.1, -0.05) is 35.6 Å². The average molecular weight is 302 g/mol. The summed E-state index contributed by atoms with van der Waals surface area (Å²) >= 11 is 1.52. The number of aromatic nitrogens is 2. The Morgan fingerprint density at radius 3 is 2.76 bits per heavy atom. The predicted molar refractivity (Wildman–Crippen MR) is 85.2 cm³/mol. The zero-order chi connectivity index (χ0) is 14.7. The number of aliphatic imine (C=N–C) groups is 1. The van der Waals surface area contributed by atoms with Crippen LogP contribution in [0.2, 0.25) is 0 Å². The lowest BCUT2D eigenvalue weighted by atomic mass is 10.1. The van der Waals surface area contributed by atoms with Crippen molar-refractivity contribution in [3.05, 3.63) is 29.8 Å². The van der Waals surface area contributed by atoms with E-state index in [2.05, 4.69) is 39.1 Å². The minimum atomic E-state index is 0.706. The lowest BCUT2D eigenvalue weighted by Crippen LogP contribution is -2.39. The van der Waals surface area contributed by atoms with E-state index < -0.39 is 0 Å². The molecule has 110 valence electrons. The first-order chi connectivity index (χ1) is 10.2. The van der Waals surface area contributed by atoms with Crippen LogP contribution in [0.3, 0.4) is 0 Å². The summed E-state index contributed by atoms with van der Waals surface area (Å²) in [6, 6.07) is 8.20. The van der Waals surface area contributed by atoms with Gasteiger partial charge >= 0.3 is 0 Å². The number of amidine groups is 1. The first-order valence-electron chi connectivity index (χ1n) is 7.01. The predicted octanol–water partition coefficient (Wildman–Crippen LogP) is 2.90. The van der Waals surface area contributed by atoms with Crippen LogP contribution in [0.25, 0.3) is 10.6 Å². The highest BCUT2D eigenvalue weighted by Crippen LogP contribution is 2.30. The molecule has 2 aromatic rings. The maximum absolute atomic E-state index is 5.35. The van der Waals surface area contributed by atoms with Gasteiger partial charge in [-0.15, -0.1) is 10.2 Å². The van der Waals surface area contributed by atoms with Crippen molar-refractivity contribution >= 4 is 22.3 Å². The van der Waals surface area contributed by atoms with Gasteiger partial charge in [0.2, 0.25) is 5.13 Å². The van der Waals surface area contributed by atoms with E-state index in [9.17, 15) is 0 Å². The number of ether oxygens (including phenoxy) is 1. The van der Waals surface area contributed by atoms with Crippen molar-refractivity contribution < 1.29 is 4.74 Å². The smallest absolute Gasteiger partial charge is 0.233 e. The molecule has 1 aromatic heterocycles. The maximum atomic E-state index is 5.35. The minimum Gasteiger partial charge on any atom is -0.378 e. The standard InChI is InChI=1S/C15H18N4OS/c1-11-5-3-4-6-13(11)14-17-18-15(21-14)16-12(2)19-7-9-20-10-8-19/h3-6H,7-10H2,1-2H3/b16-12+. The van der Waals surface area contributed by atoms with Crippen molar-refractivity contribution in [2.45, 2.75) is 13.8 Å². The molecule has 0 bridgehead atoms. The average Bonchev–Trinajstić information content (AvgIpc) is 2.97. The molecule has 5 nitrogen and oxygen atoms in total. The van der Waals surface area contributed by atoms with Crippen molar-refractivity contribution in [1.82, 2.24) is 15.1 Å². The van der Waals surface area contributed by atoms with E-state index in [1.54, 1.807) is 0 Å². The lowest BCUT2D eigenvalue weighted by Gasteiger charge is -2.27. The Kier molecular flexibility index (Phi) is 4.26. The van der Waals surface area contributed by atoms with Gasteiger partial charge in [0.05, 0.1) is 13.2 Å². The lowest BCUT2D eigenvalue weighted by molar-refractivity contribution is 0.0678. The molecule has 1 saturated heterocycles. The van der Waals surface area contributed by atoms with Gasteiger partial charge < -0.3 is 9.64 Å². The molecule has 0 N–H and O–H groups in total. The van der Waals surface area contributed by atoms with Crippen LogP contribution < -0.4 is 0 Å². The van der Waals surface area contributed by atoms with Crippen molar-refractivity contribution in [2.75, 3.05) is 26.3 Å². The summed E-state index contributed by atoms with van der Waals surface area (Å²) < 4.78 is 5.35. The summed E-state index contributed by atoms with van der Waals surface area (Å²) in [5.41, 5.74) is 2.33. The number of aryl methyl sites for hydroxylation is 1. The van der Waals surface area contributed by atoms with E-state index in [1.165, 1.54) is 16.9 Å². The fourth-order valence-corrected chi connectivity index (χ4v) is 3.13. The number of hydrogen-bond donors (Lipinski definition) is 0. The monoisotopic (exact) mass is 302 g/mol. The molecule has 1 aliphatic rings. The van der Waals surface area contributed by atoms with E-state index in [4.69, 9.17) is 4.74 Å². The first-order valence-corrected chi connectivity index (χ1v) is 7.83. The quantitative estimate of drug-likeness (QED) is 0.632. The van der Waals surface area contributed by atoms with Gasteiger partial charge in [0.15, 0.2) is 0 Å². The molecule has 1 aromatic carbocycles. The van der Waals surface area contributed by atoms with Crippen LogP contribution in [0.5, 0.6) is 0 Å². The molecule has 0 saturated carbocycles. The van der Waals surface area contributed by atoms with Gasteiger partial charge in [0, 0.05) is 18.7 Å². The van der Waals surface area contributed by atoms with Crippen LogP contribution in [-0.4, -0.2) is 47.2 Å². The Bertz CT molecular complexity index is 647. The molecule has 0 aliphatic carbocycles. The second kappa shape index (κ2) is 6.32. The van der Waals surface area contributed by atoms with Crippen molar-refractivity contribution in [3.8, 4) is 10.6 Å². The van der Waals surface area contributed by atoms with Crippen LogP contribution in [-0.2, 0) is 4.74 Å². The Hall–Kier alpha value is -1.79. The molecular formula is C15H18N4OS. The highest BCUT2D eigenvalue weighted by Gasteiger charge is 2.13. The maximum Gasteiger partial charge on any atom is 0.233 e. The summed E-state index contributed by atoms with van der Waals surface area (Å²) in [6.07, 6.45) is 0. The van der Waals surface area contributed by atoms with Gasteiger partial charge in [0.25, 0.3) is 0 Å². The Labute approximate surface area is 128 Å². The van der Waals surface area contributed by atoms with Crippen LogP contribution in [0.15, 0.2) is 29.3 Å². The van der Waals surface area contributed by atoms with Crippen molar-refractivity contribution in [3.63, 3.8) is 0 Å². The number of benzene rings is 1. The van der Waals surface area contributed by atoms with Crippen molar-refractivity contribution in [2.24, 2.45) is 4.99 Å². The van der Waals surface area contributed by atoms with Gasteiger partial charge in [0.1, 0.15) is 10.8 Å². The normalized spacial score (nSPS) is 16.3. The molecule has 2 heterocycles. The molecular weight excluding hydrogens is 284 g/mol. The molecule has 1 fully saturated rings. The summed E-state index contributed by atoms with van der Waals surface area (Å²) in [4.78, 5) is 6.81. The second-order valence-electron chi connectivity index (χ2n) is 4.96. The van der Waals surface area contributed by atoms with Gasteiger partial charge in [-0.25, -0.2) is 4.99 Å². The molecule has 0 amide bonds. The molecule has 6 heteroatoms. The van der Waals surface area contributed by atoms with Crippen LogP contribution in [0, 0.1) is 6.92 Å². The van der Waals surface area contributed by atoms with Gasteiger partial charge in [-0.2, -0.15) is 0 Å². The highest BCUT2D eigenvalue weighted by atomic mass is 32.1. The molecule has 1 aliphatic heterocycles. The topological polar surface area (TPSA) is 50.6 Å².